The van der Waals surface area contributed by atoms with Crippen LogP contribution in [0, 0.1) is 12.8 Å². The average Bonchev–Trinajstić information content (AvgIpc) is 3.05. The number of likely N-dealkylation sites (tertiary alicyclic amines) is 1. The number of aryl methyl sites for hydroxylation is 2. The molecule has 122 valence electrons. The number of carbonyl (C=O) groups excluding carboxylic acids is 1. The lowest BCUT2D eigenvalue weighted by Crippen LogP contribution is -2.48. The maximum atomic E-state index is 12.5. The molecule has 1 aromatic rings. The van der Waals surface area contributed by atoms with Gasteiger partial charge in [-0.15, -0.1) is 0 Å². The second-order valence-electron chi connectivity index (χ2n) is 6.97. The Morgan fingerprint density at radius 1 is 1.41 bits per heavy atom. The second-order valence-corrected chi connectivity index (χ2v) is 6.97. The van der Waals surface area contributed by atoms with Gasteiger partial charge in [0.2, 0.25) is 0 Å². The molecular formula is C17H28N4O. The van der Waals surface area contributed by atoms with Crippen molar-refractivity contribution in [3.05, 3.63) is 18.0 Å². The lowest BCUT2D eigenvalue weighted by molar-refractivity contribution is 0.156. The van der Waals surface area contributed by atoms with Crippen molar-refractivity contribution < 1.29 is 4.79 Å². The van der Waals surface area contributed by atoms with Gasteiger partial charge in [-0.3, -0.25) is 4.68 Å². The van der Waals surface area contributed by atoms with Crippen molar-refractivity contribution in [2.24, 2.45) is 5.92 Å². The molecule has 2 heterocycles. The summed E-state index contributed by atoms with van der Waals surface area (Å²) in [6.45, 7) is 5.82. The number of fused-ring (bicyclic) bond motifs is 1. The molecule has 3 atom stereocenters. The summed E-state index contributed by atoms with van der Waals surface area (Å²) in [5.74, 6) is 0.738. The number of nitrogens with one attached hydrogen (secondary N) is 1. The number of nitrogens with zero attached hydrogens (tertiary/aromatic N) is 3. The fourth-order valence-electron chi connectivity index (χ4n) is 4.18. The molecule has 1 N–H and O–H groups in total. The number of carbonyl (C=O) groups is 1. The number of hydrogen-bond acceptors (Lipinski definition) is 2. The quantitative estimate of drug-likeness (QED) is 0.870. The third-order valence-corrected chi connectivity index (χ3v) is 5.18. The van der Waals surface area contributed by atoms with Crippen molar-refractivity contribution in [2.75, 3.05) is 6.54 Å². The van der Waals surface area contributed by atoms with Gasteiger partial charge in [-0.05, 0) is 51.0 Å². The molecule has 1 saturated heterocycles. The monoisotopic (exact) mass is 304 g/mol. The van der Waals surface area contributed by atoms with Gasteiger partial charge < -0.3 is 10.2 Å². The normalized spacial score (nSPS) is 27.7. The van der Waals surface area contributed by atoms with E-state index in [1.165, 1.54) is 37.7 Å². The number of rotatable bonds is 4. The van der Waals surface area contributed by atoms with Crippen molar-refractivity contribution in [2.45, 2.75) is 71.0 Å². The van der Waals surface area contributed by atoms with E-state index >= 15 is 0 Å². The van der Waals surface area contributed by atoms with Gasteiger partial charge in [-0.2, -0.15) is 5.10 Å². The highest BCUT2D eigenvalue weighted by molar-refractivity contribution is 5.75. The molecule has 0 bridgehead atoms. The van der Waals surface area contributed by atoms with Crippen LogP contribution in [0.1, 0.15) is 51.0 Å². The van der Waals surface area contributed by atoms with Crippen LogP contribution in [0.4, 0.5) is 4.79 Å². The molecular weight excluding hydrogens is 276 g/mol. The minimum absolute atomic E-state index is 0.138. The Morgan fingerprint density at radius 3 is 3.00 bits per heavy atom. The summed E-state index contributed by atoms with van der Waals surface area (Å²) >= 11 is 0. The van der Waals surface area contributed by atoms with Gasteiger partial charge >= 0.3 is 6.03 Å². The van der Waals surface area contributed by atoms with Crippen LogP contribution in [0.25, 0.3) is 0 Å². The molecule has 1 aliphatic heterocycles. The van der Waals surface area contributed by atoms with Gasteiger partial charge in [-0.25, -0.2) is 4.79 Å². The van der Waals surface area contributed by atoms with Crippen LogP contribution in [0.2, 0.25) is 0 Å². The van der Waals surface area contributed by atoms with Crippen molar-refractivity contribution in [3.63, 3.8) is 0 Å². The Kier molecular flexibility index (Phi) is 4.69. The summed E-state index contributed by atoms with van der Waals surface area (Å²) in [5, 5.41) is 7.38. The minimum atomic E-state index is 0.138. The zero-order valence-electron chi connectivity index (χ0n) is 13.8. The molecule has 1 aromatic heterocycles. The fourth-order valence-corrected chi connectivity index (χ4v) is 4.18. The minimum Gasteiger partial charge on any atom is -0.338 e. The van der Waals surface area contributed by atoms with Gasteiger partial charge in [0.15, 0.2) is 0 Å². The SMILES string of the molecule is Cc1cnn(CCCNC(=O)N2[C@H](C)C[C@@H]3CCCC[C@@H]32)c1. The smallest absolute Gasteiger partial charge is 0.317 e. The highest BCUT2D eigenvalue weighted by Crippen LogP contribution is 2.39. The van der Waals surface area contributed by atoms with Gasteiger partial charge in [0.05, 0.1) is 6.20 Å². The maximum absolute atomic E-state index is 12.5. The predicted molar refractivity (Wildman–Crippen MR) is 86.6 cm³/mol. The number of hydrogen-bond donors (Lipinski definition) is 1. The van der Waals surface area contributed by atoms with E-state index in [1.807, 2.05) is 24.0 Å². The first-order valence-corrected chi connectivity index (χ1v) is 8.70. The van der Waals surface area contributed by atoms with Gasteiger partial charge in [0, 0.05) is 31.4 Å². The van der Waals surface area contributed by atoms with Crippen LogP contribution in [-0.2, 0) is 6.54 Å². The van der Waals surface area contributed by atoms with Gasteiger partial charge in [0.25, 0.3) is 0 Å². The molecule has 0 radical (unpaired) electrons. The molecule has 3 rings (SSSR count). The Balaban J connectivity index is 1.45. The van der Waals surface area contributed by atoms with Gasteiger partial charge in [0.1, 0.15) is 0 Å². The topological polar surface area (TPSA) is 50.2 Å². The molecule has 2 aliphatic rings. The molecule has 5 heteroatoms. The first kappa shape index (κ1) is 15.4. The van der Waals surface area contributed by atoms with E-state index in [2.05, 4.69) is 22.2 Å². The summed E-state index contributed by atoms with van der Waals surface area (Å²) in [5.41, 5.74) is 1.18. The molecule has 1 aliphatic carbocycles. The molecule has 2 amide bonds. The standard InChI is InChI=1S/C17H28N4O/c1-13-11-19-20(12-13)9-5-8-18-17(22)21-14(2)10-15-6-3-4-7-16(15)21/h11-12,14-16H,3-10H2,1-2H3,(H,18,22)/t14-,15+,16+/m1/s1. The van der Waals surface area contributed by atoms with E-state index in [4.69, 9.17) is 0 Å². The summed E-state index contributed by atoms with van der Waals surface area (Å²) < 4.78 is 1.94. The van der Waals surface area contributed by atoms with Crippen molar-refractivity contribution in [3.8, 4) is 0 Å². The second kappa shape index (κ2) is 6.71. The fraction of sp³-hybridized carbons (Fsp3) is 0.765. The molecule has 1 saturated carbocycles. The van der Waals surface area contributed by atoms with Gasteiger partial charge in [-0.1, -0.05) is 12.8 Å². The van der Waals surface area contributed by atoms with E-state index in [0.29, 0.717) is 12.1 Å². The third-order valence-electron chi connectivity index (χ3n) is 5.18. The molecule has 0 unspecified atom stereocenters. The van der Waals surface area contributed by atoms with Crippen LogP contribution < -0.4 is 5.32 Å². The van der Waals surface area contributed by atoms with E-state index in [-0.39, 0.29) is 6.03 Å². The van der Waals surface area contributed by atoms with Crippen LogP contribution in [-0.4, -0.2) is 39.3 Å². The lowest BCUT2D eigenvalue weighted by Gasteiger charge is -2.33. The van der Waals surface area contributed by atoms with Crippen LogP contribution in [0.5, 0.6) is 0 Å². The zero-order valence-corrected chi connectivity index (χ0v) is 13.8. The van der Waals surface area contributed by atoms with E-state index < -0.39 is 0 Å². The number of amides is 2. The van der Waals surface area contributed by atoms with Crippen molar-refractivity contribution in [1.82, 2.24) is 20.0 Å². The largest absolute Gasteiger partial charge is 0.338 e. The molecule has 22 heavy (non-hydrogen) atoms. The third kappa shape index (κ3) is 3.28. The Bertz CT molecular complexity index is 513. The molecule has 2 fully saturated rings. The summed E-state index contributed by atoms with van der Waals surface area (Å²) in [7, 11) is 0. The van der Waals surface area contributed by atoms with Crippen LogP contribution in [0.15, 0.2) is 12.4 Å². The Morgan fingerprint density at radius 2 is 2.23 bits per heavy atom. The number of urea groups is 1. The molecule has 0 aromatic carbocycles. The summed E-state index contributed by atoms with van der Waals surface area (Å²) in [4.78, 5) is 14.6. The first-order valence-electron chi connectivity index (χ1n) is 8.70. The number of aromatic nitrogens is 2. The highest BCUT2D eigenvalue weighted by atomic mass is 16.2. The Labute approximate surface area is 133 Å². The maximum Gasteiger partial charge on any atom is 0.317 e. The van der Waals surface area contributed by atoms with Crippen molar-refractivity contribution >= 4 is 6.03 Å². The average molecular weight is 304 g/mol. The molecule has 5 nitrogen and oxygen atoms in total. The van der Waals surface area contributed by atoms with E-state index in [0.717, 1.165) is 25.4 Å². The summed E-state index contributed by atoms with van der Waals surface area (Å²) in [6, 6.07) is 1.01. The first-order chi connectivity index (χ1) is 10.6. The Hall–Kier alpha value is -1.52. The predicted octanol–water partition coefficient (Wildman–Crippen LogP) is 2.94. The summed E-state index contributed by atoms with van der Waals surface area (Å²) in [6.07, 6.45) is 11.1. The van der Waals surface area contributed by atoms with E-state index in [1.54, 1.807) is 0 Å². The lowest BCUT2D eigenvalue weighted by atomic mass is 9.85. The van der Waals surface area contributed by atoms with Crippen molar-refractivity contribution in [1.29, 1.82) is 0 Å². The van der Waals surface area contributed by atoms with E-state index in [9.17, 15) is 4.79 Å². The zero-order chi connectivity index (χ0) is 15.5. The molecule has 0 spiro atoms. The highest BCUT2D eigenvalue weighted by Gasteiger charge is 2.42. The van der Waals surface area contributed by atoms with Crippen LogP contribution in [0.3, 0.4) is 0 Å². The van der Waals surface area contributed by atoms with Crippen LogP contribution >= 0.6 is 0 Å².